The SMILES string of the molecule is Cc1nccn1CCC1CCCCN1C(=O)c1ccc(-n2cnnc2)nc1. The average Bonchev–Trinajstić information content (AvgIpc) is 3.38. The van der Waals surface area contributed by atoms with Gasteiger partial charge in [-0.1, -0.05) is 0 Å². The lowest BCUT2D eigenvalue weighted by atomic mass is 9.98. The molecule has 0 bridgehead atoms. The highest BCUT2D eigenvalue weighted by Gasteiger charge is 2.27. The second-order valence-electron chi connectivity index (χ2n) is 6.88. The lowest BCUT2D eigenvalue weighted by molar-refractivity contribution is 0.0595. The molecule has 0 spiro atoms. The van der Waals surface area contributed by atoms with Gasteiger partial charge in [0, 0.05) is 37.7 Å². The van der Waals surface area contributed by atoms with E-state index in [1.807, 2.05) is 36.4 Å². The van der Waals surface area contributed by atoms with Crippen LogP contribution in [-0.2, 0) is 6.54 Å². The van der Waals surface area contributed by atoms with Gasteiger partial charge in [0.15, 0.2) is 0 Å². The van der Waals surface area contributed by atoms with Gasteiger partial charge in [-0.2, -0.15) is 0 Å². The highest BCUT2D eigenvalue weighted by Crippen LogP contribution is 2.23. The van der Waals surface area contributed by atoms with E-state index in [1.165, 1.54) is 6.42 Å². The molecule has 27 heavy (non-hydrogen) atoms. The largest absolute Gasteiger partial charge is 0.336 e. The fourth-order valence-corrected chi connectivity index (χ4v) is 3.65. The van der Waals surface area contributed by atoms with E-state index in [2.05, 4.69) is 24.7 Å². The smallest absolute Gasteiger partial charge is 0.255 e. The van der Waals surface area contributed by atoms with Crippen LogP contribution in [0.2, 0.25) is 0 Å². The Morgan fingerprint density at radius 2 is 2.04 bits per heavy atom. The lowest BCUT2D eigenvalue weighted by Gasteiger charge is -2.36. The third-order valence-electron chi connectivity index (χ3n) is 5.19. The molecule has 1 aliphatic rings. The van der Waals surface area contributed by atoms with Gasteiger partial charge in [-0.05, 0) is 44.7 Å². The van der Waals surface area contributed by atoms with Gasteiger partial charge in [0.25, 0.3) is 5.91 Å². The summed E-state index contributed by atoms with van der Waals surface area (Å²) in [5.41, 5.74) is 0.623. The zero-order chi connectivity index (χ0) is 18.6. The summed E-state index contributed by atoms with van der Waals surface area (Å²) in [7, 11) is 0. The molecular weight excluding hydrogens is 342 g/mol. The Kier molecular flexibility index (Phi) is 4.95. The van der Waals surface area contributed by atoms with Crippen LogP contribution >= 0.6 is 0 Å². The van der Waals surface area contributed by atoms with E-state index >= 15 is 0 Å². The summed E-state index contributed by atoms with van der Waals surface area (Å²) >= 11 is 0. The summed E-state index contributed by atoms with van der Waals surface area (Å²) in [6.45, 7) is 3.69. The molecule has 3 aromatic rings. The number of likely N-dealkylation sites (tertiary alicyclic amines) is 1. The molecule has 1 saturated heterocycles. The third-order valence-corrected chi connectivity index (χ3v) is 5.19. The minimum Gasteiger partial charge on any atom is -0.336 e. The summed E-state index contributed by atoms with van der Waals surface area (Å²) in [5, 5.41) is 7.56. The first kappa shape index (κ1) is 17.4. The van der Waals surface area contributed by atoms with E-state index in [-0.39, 0.29) is 11.9 Å². The number of nitrogens with zero attached hydrogens (tertiary/aromatic N) is 7. The Labute approximate surface area is 157 Å². The Morgan fingerprint density at radius 3 is 2.74 bits per heavy atom. The second-order valence-corrected chi connectivity index (χ2v) is 6.88. The van der Waals surface area contributed by atoms with Gasteiger partial charge in [0.1, 0.15) is 24.3 Å². The van der Waals surface area contributed by atoms with E-state index in [1.54, 1.807) is 23.4 Å². The minimum absolute atomic E-state index is 0.0601. The number of aryl methyl sites for hydroxylation is 2. The Hall–Kier alpha value is -3.03. The zero-order valence-electron chi connectivity index (χ0n) is 15.4. The Morgan fingerprint density at radius 1 is 1.19 bits per heavy atom. The molecule has 1 atom stereocenters. The van der Waals surface area contributed by atoms with Crippen molar-refractivity contribution in [3.63, 3.8) is 0 Å². The number of piperidine rings is 1. The van der Waals surface area contributed by atoms with Gasteiger partial charge in [-0.25, -0.2) is 9.97 Å². The average molecular weight is 365 g/mol. The molecule has 0 radical (unpaired) electrons. The van der Waals surface area contributed by atoms with Crippen LogP contribution < -0.4 is 0 Å². The number of carbonyl (C=O) groups excluding carboxylic acids is 1. The van der Waals surface area contributed by atoms with Gasteiger partial charge < -0.3 is 9.47 Å². The van der Waals surface area contributed by atoms with E-state index in [9.17, 15) is 4.79 Å². The molecule has 1 fully saturated rings. The number of hydrogen-bond acceptors (Lipinski definition) is 5. The van der Waals surface area contributed by atoms with E-state index in [4.69, 9.17) is 0 Å². The van der Waals surface area contributed by atoms with Crippen LogP contribution in [0.5, 0.6) is 0 Å². The van der Waals surface area contributed by atoms with Gasteiger partial charge >= 0.3 is 0 Å². The van der Waals surface area contributed by atoms with Crippen molar-refractivity contribution in [2.75, 3.05) is 6.54 Å². The maximum absolute atomic E-state index is 13.1. The number of amides is 1. The van der Waals surface area contributed by atoms with E-state index < -0.39 is 0 Å². The fourth-order valence-electron chi connectivity index (χ4n) is 3.65. The van der Waals surface area contributed by atoms with Crippen LogP contribution in [0.3, 0.4) is 0 Å². The highest BCUT2D eigenvalue weighted by molar-refractivity contribution is 5.94. The number of carbonyl (C=O) groups is 1. The van der Waals surface area contributed by atoms with E-state index in [0.29, 0.717) is 11.4 Å². The van der Waals surface area contributed by atoms with Crippen molar-refractivity contribution in [1.29, 1.82) is 0 Å². The highest BCUT2D eigenvalue weighted by atomic mass is 16.2. The summed E-state index contributed by atoms with van der Waals surface area (Å²) in [6.07, 6.45) is 12.8. The molecule has 1 unspecified atom stereocenters. The van der Waals surface area contributed by atoms with Gasteiger partial charge in [0.2, 0.25) is 0 Å². The van der Waals surface area contributed by atoms with Crippen molar-refractivity contribution in [2.24, 2.45) is 0 Å². The fraction of sp³-hybridized carbons (Fsp3) is 0.421. The summed E-state index contributed by atoms with van der Waals surface area (Å²) in [4.78, 5) is 23.7. The number of imidazole rings is 1. The normalized spacial score (nSPS) is 17.2. The zero-order valence-corrected chi connectivity index (χ0v) is 15.4. The lowest BCUT2D eigenvalue weighted by Crippen LogP contribution is -2.44. The Balaban J connectivity index is 1.46. The van der Waals surface area contributed by atoms with Crippen molar-refractivity contribution < 1.29 is 4.79 Å². The molecule has 140 valence electrons. The monoisotopic (exact) mass is 365 g/mol. The number of aromatic nitrogens is 6. The summed E-state index contributed by atoms with van der Waals surface area (Å²) < 4.78 is 3.86. The molecule has 8 heteroatoms. The summed E-state index contributed by atoms with van der Waals surface area (Å²) in [6, 6.07) is 3.91. The first-order chi connectivity index (χ1) is 13.2. The predicted octanol–water partition coefficient (Wildman–Crippen LogP) is 2.25. The van der Waals surface area contributed by atoms with E-state index in [0.717, 1.165) is 38.2 Å². The second kappa shape index (κ2) is 7.69. The molecule has 4 heterocycles. The van der Waals surface area contributed by atoms with Gasteiger partial charge in [0.05, 0.1) is 5.56 Å². The summed E-state index contributed by atoms with van der Waals surface area (Å²) in [5.74, 6) is 1.77. The Bertz CT molecular complexity index is 885. The van der Waals surface area contributed by atoms with Gasteiger partial charge in [-0.3, -0.25) is 9.36 Å². The third kappa shape index (κ3) is 3.74. The topological polar surface area (TPSA) is 81.7 Å². The number of rotatable bonds is 5. The molecule has 3 aromatic heterocycles. The van der Waals surface area contributed by atoms with Crippen molar-refractivity contribution in [3.8, 4) is 5.82 Å². The molecule has 0 N–H and O–H groups in total. The molecular formula is C19H23N7O. The van der Waals surface area contributed by atoms with Gasteiger partial charge in [-0.15, -0.1) is 10.2 Å². The number of pyridine rings is 1. The van der Waals surface area contributed by atoms with Crippen molar-refractivity contribution in [3.05, 3.63) is 54.8 Å². The molecule has 8 nitrogen and oxygen atoms in total. The molecule has 0 saturated carbocycles. The van der Waals surface area contributed by atoms with Crippen LogP contribution in [-0.4, -0.2) is 52.7 Å². The molecule has 4 rings (SSSR count). The maximum atomic E-state index is 13.1. The predicted molar refractivity (Wildman–Crippen MR) is 99.4 cm³/mol. The first-order valence-electron chi connectivity index (χ1n) is 9.32. The van der Waals surface area contributed by atoms with Crippen molar-refractivity contribution >= 4 is 5.91 Å². The molecule has 1 amide bonds. The van der Waals surface area contributed by atoms with Crippen LogP contribution in [0.1, 0.15) is 41.9 Å². The molecule has 0 aromatic carbocycles. The van der Waals surface area contributed by atoms with Crippen molar-refractivity contribution in [1.82, 2.24) is 34.2 Å². The minimum atomic E-state index is 0.0601. The van der Waals surface area contributed by atoms with Crippen LogP contribution in [0, 0.1) is 6.92 Å². The molecule has 1 aliphatic heterocycles. The number of hydrogen-bond donors (Lipinski definition) is 0. The van der Waals surface area contributed by atoms with Crippen LogP contribution in [0.25, 0.3) is 5.82 Å². The van der Waals surface area contributed by atoms with Crippen molar-refractivity contribution in [2.45, 2.75) is 45.2 Å². The maximum Gasteiger partial charge on any atom is 0.255 e. The van der Waals surface area contributed by atoms with Crippen LogP contribution in [0.15, 0.2) is 43.4 Å². The molecule has 0 aliphatic carbocycles. The standard InChI is InChI=1S/C19H23N7O/c1-15-20-8-11-24(15)10-7-17-4-2-3-9-26(17)19(27)16-5-6-18(21-12-16)25-13-22-23-14-25/h5-6,8,11-14,17H,2-4,7,9-10H2,1H3. The first-order valence-corrected chi connectivity index (χ1v) is 9.32. The quantitative estimate of drug-likeness (QED) is 0.693. The van der Waals surface area contributed by atoms with Crippen LogP contribution in [0.4, 0.5) is 0 Å².